The van der Waals surface area contributed by atoms with Crippen LogP contribution in [0, 0.1) is 0 Å². The fraction of sp³-hybridized carbons (Fsp3) is 0.259. The Hall–Kier alpha value is -3.60. The molecule has 1 aliphatic rings. The topological polar surface area (TPSA) is 45.6 Å². The Bertz CT molecular complexity index is 1080. The minimum atomic E-state index is -0.160. The summed E-state index contributed by atoms with van der Waals surface area (Å²) in [5.41, 5.74) is 3.81. The van der Waals surface area contributed by atoms with E-state index < -0.39 is 0 Å². The molecule has 5 heteroatoms. The lowest BCUT2D eigenvalue weighted by molar-refractivity contribution is -0.133. The fourth-order valence-corrected chi connectivity index (χ4v) is 3.89. The Morgan fingerprint density at radius 2 is 1.69 bits per heavy atom. The Kier molecular flexibility index (Phi) is 6.55. The van der Waals surface area contributed by atoms with Crippen LogP contribution in [-0.4, -0.2) is 45.3 Å². The average Bonchev–Trinajstić information content (AvgIpc) is 3.58. The molecule has 0 bridgehead atoms. The number of amides is 2. The summed E-state index contributed by atoms with van der Waals surface area (Å²) >= 11 is 0. The molecule has 0 atom stereocenters. The number of carbonyl (C=O) groups is 2. The first-order valence-electron chi connectivity index (χ1n) is 11.0. The highest BCUT2D eigenvalue weighted by Gasteiger charge is 2.34. The van der Waals surface area contributed by atoms with Gasteiger partial charge in [0, 0.05) is 37.1 Å². The highest BCUT2D eigenvalue weighted by molar-refractivity contribution is 5.97. The predicted octanol–water partition coefficient (Wildman–Crippen LogP) is 4.51. The zero-order valence-electron chi connectivity index (χ0n) is 18.5. The number of hydrogen-bond acceptors (Lipinski definition) is 2. The third kappa shape index (κ3) is 4.99. The van der Waals surface area contributed by atoms with Gasteiger partial charge in [0.2, 0.25) is 5.91 Å². The second kappa shape index (κ2) is 9.69. The van der Waals surface area contributed by atoms with E-state index in [1.807, 2.05) is 89.4 Å². The minimum Gasteiger partial charge on any atom is -0.353 e. The van der Waals surface area contributed by atoms with E-state index >= 15 is 0 Å². The van der Waals surface area contributed by atoms with Gasteiger partial charge in [0.05, 0.1) is 6.54 Å². The Labute approximate surface area is 189 Å². The van der Waals surface area contributed by atoms with Crippen molar-refractivity contribution in [1.29, 1.82) is 0 Å². The highest BCUT2D eigenvalue weighted by atomic mass is 16.2. The summed E-state index contributed by atoms with van der Waals surface area (Å²) in [6.07, 6.45) is 5.69. The van der Waals surface area contributed by atoms with E-state index in [1.54, 1.807) is 11.0 Å². The number of carbonyl (C=O) groups excluding carboxylic acids is 2. The van der Waals surface area contributed by atoms with Gasteiger partial charge in [-0.1, -0.05) is 48.5 Å². The van der Waals surface area contributed by atoms with Crippen molar-refractivity contribution in [3.8, 4) is 11.1 Å². The van der Waals surface area contributed by atoms with E-state index in [0.717, 1.165) is 29.7 Å². The largest absolute Gasteiger partial charge is 0.353 e. The van der Waals surface area contributed by atoms with Crippen molar-refractivity contribution in [2.45, 2.75) is 25.4 Å². The van der Waals surface area contributed by atoms with Crippen LogP contribution in [0.2, 0.25) is 0 Å². The first kappa shape index (κ1) is 21.6. The molecule has 0 N–H and O–H groups in total. The van der Waals surface area contributed by atoms with Gasteiger partial charge in [0.25, 0.3) is 5.91 Å². The zero-order valence-corrected chi connectivity index (χ0v) is 18.5. The molecule has 1 aliphatic carbocycles. The van der Waals surface area contributed by atoms with Crippen LogP contribution < -0.4 is 0 Å². The normalized spacial score (nSPS) is 12.9. The molecule has 5 nitrogen and oxygen atoms in total. The number of aryl methyl sites for hydroxylation is 1. The van der Waals surface area contributed by atoms with Crippen molar-refractivity contribution in [2.24, 2.45) is 7.05 Å². The van der Waals surface area contributed by atoms with Crippen molar-refractivity contribution in [3.63, 3.8) is 0 Å². The van der Waals surface area contributed by atoms with Gasteiger partial charge in [-0.15, -0.1) is 6.58 Å². The molecule has 2 aromatic carbocycles. The first-order chi connectivity index (χ1) is 15.6. The molecular weight excluding hydrogens is 398 g/mol. The monoisotopic (exact) mass is 427 g/mol. The van der Waals surface area contributed by atoms with Crippen LogP contribution in [-0.2, 0) is 18.4 Å². The lowest BCUT2D eigenvalue weighted by Gasteiger charge is -2.27. The zero-order chi connectivity index (χ0) is 22.5. The third-order valence-electron chi connectivity index (χ3n) is 5.89. The number of benzene rings is 2. The molecule has 0 saturated heterocycles. The van der Waals surface area contributed by atoms with Gasteiger partial charge in [-0.05, 0) is 48.2 Å². The van der Waals surface area contributed by atoms with E-state index in [4.69, 9.17) is 0 Å². The molecule has 2 amide bonds. The van der Waals surface area contributed by atoms with Crippen LogP contribution in [0.15, 0.2) is 85.6 Å². The van der Waals surface area contributed by atoms with Gasteiger partial charge in [0.1, 0.15) is 6.54 Å². The standard InChI is InChI=1S/C27H29N3O2/c1-3-17-29(20-26(31)30(24-15-16-24)19-25-10-7-18-28(25)2)27(32)23-13-11-22(12-14-23)21-8-5-4-6-9-21/h3-14,18,24H,1,15-17,19-20H2,2H3. The van der Waals surface area contributed by atoms with Crippen LogP contribution in [0.4, 0.5) is 0 Å². The van der Waals surface area contributed by atoms with Gasteiger partial charge in [-0.3, -0.25) is 9.59 Å². The van der Waals surface area contributed by atoms with E-state index in [2.05, 4.69) is 6.58 Å². The summed E-state index contributed by atoms with van der Waals surface area (Å²) < 4.78 is 2.03. The van der Waals surface area contributed by atoms with Crippen molar-refractivity contribution < 1.29 is 9.59 Å². The first-order valence-corrected chi connectivity index (χ1v) is 11.0. The van der Waals surface area contributed by atoms with Crippen LogP contribution in [0.1, 0.15) is 28.9 Å². The van der Waals surface area contributed by atoms with E-state index in [0.29, 0.717) is 18.7 Å². The van der Waals surface area contributed by atoms with E-state index in [-0.39, 0.29) is 24.4 Å². The molecule has 1 fully saturated rings. The maximum atomic E-state index is 13.2. The molecule has 164 valence electrons. The number of aromatic nitrogens is 1. The van der Waals surface area contributed by atoms with Crippen molar-refractivity contribution in [1.82, 2.24) is 14.4 Å². The molecule has 1 heterocycles. The molecule has 1 saturated carbocycles. The smallest absolute Gasteiger partial charge is 0.254 e. The van der Waals surface area contributed by atoms with E-state index in [1.165, 1.54) is 0 Å². The molecular formula is C27H29N3O2. The van der Waals surface area contributed by atoms with Gasteiger partial charge in [-0.2, -0.15) is 0 Å². The van der Waals surface area contributed by atoms with Crippen LogP contribution >= 0.6 is 0 Å². The number of hydrogen-bond donors (Lipinski definition) is 0. The molecule has 32 heavy (non-hydrogen) atoms. The Morgan fingerprint density at radius 3 is 2.28 bits per heavy atom. The summed E-state index contributed by atoms with van der Waals surface area (Å²) in [6, 6.07) is 21.9. The van der Waals surface area contributed by atoms with Crippen molar-refractivity contribution in [2.75, 3.05) is 13.1 Å². The molecule has 0 unspecified atom stereocenters. The van der Waals surface area contributed by atoms with Crippen LogP contribution in [0.5, 0.6) is 0 Å². The van der Waals surface area contributed by atoms with Crippen molar-refractivity contribution in [3.05, 3.63) is 96.8 Å². The Morgan fingerprint density at radius 1 is 1.00 bits per heavy atom. The lowest BCUT2D eigenvalue weighted by atomic mass is 10.0. The van der Waals surface area contributed by atoms with Gasteiger partial charge >= 0.3 is 0 Å². The lowest BCUT2D eigenvalue weighted by Crippen LogP contribution is -2.43. The summed E-state index contributed by atoms with van der Waals surface area (Å²) in [6.45, 7) is 4.72. The second-order valence-electron chi connectivity index (χ2n) is 8.28. The highest BCUT2D eigenvalue weighted by Crippen LogP contribution is 2.29. The van der Waals surface area contributed by atoms with Gasteiger partial charge in [0.15, 0.2) is 0 Å². The second-order valence-corrected chi connectivity index (χ2v) is 8.28. The predicted molar refractivity (Wildman–Crippen MR) is 127 cm³/mol. The fourth-order valence-electron chi connectivity index (χ4n) is 3.89. The molecule has 0 radical (unpaired) electrons. The molecule has 4 rings (SSSR count). The van der Waals surface area contributed by atoms with Crippen LogP contribution in [0.25, 0.3) is 11.1 Å². The third-order valence-corrected chi connectivity index (χ3v) is 5.89. The molecule has 0 spiro atoms. The van der Waals surface area contributed by atoms with E-state index in [9.17, 15) is 9.59 Å². The summed E-state index contributed by atoms with van der Waals surface area (Å²) in [7, 11) is 1.98. The Balaban J connectivity index is 1.47. The maximum absolute atomic E-state index is 13.2. The number of rotatable bonds is 9. The average molecular weight is 428 g/mol. The summed E-state index contributed by atoms with van der Waals surface area (Å²) in [5.74, 6) is -0.183. The number of nitrogens with zero attached hydrogens (tertiary/aromatic N) is 3. The quantitative estimate of drug-likeness (QED) is 0.472. The molecule has 0 aliphatic heterocycles. The van der Waals surface area contributed by atoms with Crippen molar-refractivity contribution >= 4 is 11.8 Å². The summed E-state index contributed by atoms with van der Waals surface area (Å²) in [5, 5.41) is 0. The minimum absolute atomic E-state index is 0.0233. The molecule has 3 aromatic rings. The molecule has 1 aromatic heterocycles. The SMILES string of the molecule is C=CCN(CC(=O)N(Cc1cccn1C)C1CC1)C(=O)c1ccc(-c2ccccc2)cc1. The van der Waals surface area contributed by atoms with Crippen LogP contribution in [0.3, 0.4) is 0 Å². The van der Waals surface area contributed by atoms with Gasteiger partial charge < -0.3 is 14.4 Å². The maximum Gasteiger partial charge on any atom is 0.254 e. The summed E-state index contributed by atoms with van der Waals surface area (Å²) in [4.78, 5) is 29.9. The van der Waals surface area contributed by atoms with Gasteiger partial charge in [-0.25, -0.2) is 0 Å².